The van der Waals surface area contributed by atoms with Crippen molar-refractivity contribution < 1.29 is 27.5 Å². The molecule has 0 spiro atoms. The van der Waals surface area contributed by atoms with E-state index in [0.29, 0.717) is 67.7 Å². The van der Waals surface area contributed by atoms with E-state index in [2.05, 4.69) is 12.2 Å². The maximum atomic E-state index is 13.6. The lowest BCUT2D eigenvalue weighted by Crippen LogP contribution is -2.39. The second-order valence-electron chi connectivity index (χ2n) is 10.7. The molecule has 216 valence electrons. The minimum absolute atomic E-state index is 0.105. The van der Waals surface area contributed by atoms with Crippen LogP contribution in [0.3, 0.4) is 0 Å². The average Bonchev–Trinajstić information content (AvgIpc) is 3.61. The molecule has 3 amide bonds. The second kappa shape index (κ2) is 11.9. The van der Waals surface area contributed by atoms with Gasteiger partial charge in [-0.1, -0.05) is 6.92 Å². The first-order valence-corrected chi connectivity index (χ1v) is 16.2. The predicted molar refractivity (Wildman–Crippen MR) is 152 cm³/mol. The summed E-state index contributed by atoms with van der Waals surface area (Å²) in [7, 11) is -3.63. The van der Waals surface area contributed by atoms with Crippen LogP contribution in [0.5, 0.6) is 0 Å². The van der Waals surface area contributed by atoms with Gasteiger partial charge in [-0.25, -0.2) is 13.2 Å². The van der Waals surface area contributed by atoms with Gasteiger partial charge >= 0.3 is 6.09 Å². The number of nitrogens with zero attached hydrogens (tertiary/aromatic N) is 3. The number of anilines is 1. The summed E-state index contributed by atoms with van der Waals surface area (Å²) in [5, 5.41) is 3.38. The number of piperidine rings is 1. The molecule has 0 saturated carbocycles. The molecule has 2 fully saturated rings. The van der Waals surface area contributed by atoms with Crippen LogP contribution in [-0.4, -0.2) is 79.8 Å². The van der Waals surface area contributed by atoms with Crippen molar-refractivity contribution in [1.29, 1.82) is 0 Å². The van der Waals surface area contributed by atoms with E-state index < -0.39 is 22.0 Å². The highest BCUT2D eigenvalue weighted by Crippen LogP contribution is 2.39. The Bertz CT molecular complexity index is 1380. The van der Waals surface area contributed by atoms with E-state index in [-0.39, 0.29) is 17.4 Å². The molecule has 3 aliphatic heterocycles. The van der Waals surface area contributed by atoms with E-state index in [4.69, 9.17) is 4.74 Å². The zero-order valence-corrected chi connectivity index (χ0v) is 24.6. The molecule has 2 saturated heterocycles. The Kier molecular flexibility index (Phi) is 8.48. The normalized spacial score (nSPS) is 19.8. The predicted octanol–water partition coefficient (Wildman–Crippen LogP) is 4.17. The van der Waals surface area contributed by atoms with Gasteiger partial charge in [0.25, 0.3) is 11.8 Å². The Labute approximate surface area is 239 Å². The van der Waals surface area contributed by atoms with Crippen molar-refractivity contribution in [2.75, 3.05) is 44.6 Å². The summed E-state index contributed by atoms with van der Waals surface area (Å²) in [4.78, 5) is 43.7. The van der Waals surface area contributed by atoms with Gasteiger partial charge in [-0.3, -0.25) is 9.59 Å². The number of carbonyl (C=O) groups excluding carboxylic acids is 3. The lowest BCUT2D eigenvalue weighted by Gasteiger charge is -2.30. The van der Waals surface area contributed by atoms with Gasteiger partial charge in [-0.05, 0) is 74.8 Å². The Balaban J connectivity index is 1.38. The molecule has 1 aromatic heterocycles. The minimum Gasteiger partial charge on any atom is -0.450 e. The molecule has 2 aromatic rings. The first-order valence-electron chi connectivity index (χ1n) is 14.0. The zero-order valence-electron chi connectivity index (χ0n) is 23.0. The smallest absolute Gasteiger partial charge is 0.410 e. The summed E-state index contributed by atoms with van der Waals surface area (Å²) >= 11 is 1.31. The van der Waals surface area contributed by atoms with E-state index in [1.54, 1.807) is 11.8 Å². The quantitative estimate of drug-likeness (QED) is 0.542. The third-order valence-corrected chi connectivity index (χ3v) is 10.8. The summed E-state index contributed by atoms with van der Waals surface area (Å²) in [6.45, 7) is 7.19. The van der Waals surface area contributed by atoms with Crippen molar-refractivity contribution in [2.24, 2.45) is 5.92 Å². The van der Waals surface area contributed by atoms with Gasteiger partial charge in [0.1, 0.15) is 5.00 Å². The zero-order chi connectivity index (χ0) is 28.4. The first-order chi connectivity index (χ1) is 19.2. The number of nitrogens with one attached hydrogen (secondary N) is 1. The second-order valence-corrected chi connectivity index (χ2v) is 13.7. The average molecular weight is 589 g/mol. The number of fused-ring (bicyclic) bond motifs is 1. The van der Waals surface area contributed by atoms with Crippen molar-refractivity contribution in [1.82, 2.24) is 14.1 Å². The molecule has 0 bridgehead atoms. The van der Waals surface area contributed by atoms with Crippen LogP contribution in [0.25, 0.3) is 0 Å². The maximum absolute atomic E-state index is 13.6. The first kappa shape index (κ1) is 28.6. The lowest BCUT2D eigenvalue weighted by atomic mass is 10.0. The molecule has 10 nitrogen and oxygen atoms in total. The van der Waals surface area contributed by atoms with Crippen molar-refractivity contribution in [3.05, 3.63) is 45.8 Å². The highest BCUT2D eigenvalue weighted by atomic mass is 32.2. The third kappa shape index (κ3) is 5.75. The van der Waals surface area contributed by atoms with E-state index in [1.807, 2.05) is 4.90 Å². The van der Waals surface area contributed by atoms with Crippen LogP contribution in [0.4, 0.5) is 9.80 Å². The summed E-state index contributed by atoms with van der Waals surface area (Å²) in [5.41, 5.74) is 1.66. The fourth-order valence-corrected chi connectivity index (χ4v) is 8.48. The fourth-order valence-electron chi connectivity index (χ4n) is 5.63. The molecule has 1 N–H and O–H groups in total. The monoisotopic (exact) mass is 588 g/mol. The number of carbonyl (C=O) groups is 3. The van der Waals surface area contributed by atoms with Gasteiger partial charge in [0.15, 0.2) is 0 Å². The minimum atomic E-state index is -3.63. The number of hydrogen-bond acceptors (Lipinski definition) is 7. The van der Waals surface area contributed by atoms with Crippen molar-refractivity contribution >= 4 is 44.3 Å². The van der Waals surface area contributed by atoms with Crippen LogP contribution in [0.15, 0.2) is 29.2 Å². The lowest BCUT2D eigenvalue weighted by molar-refractivity contribution is 0.0792. The van der Waals surface area contributed by atoms with Gasteiger partial charge < -0.3 is 19.9 Å². The molecule has 1 atom stereocenters. The van der Waals surface area contributed by atoms with Gasteiger partial charge in [0.2, 0.25) is 10.0 Å². The number of sulfonamides is 1. The summed E-state index contributed by atoms with van der Waals surface area (Å²) < 4.78 is 32.9. The number of ether oxygens (including phenoxy) is 1. The molecule has 1 unspecified atom stereocenters. The summed E-state index contributed by atoms with van der Waals surface area (Å²) in [5.74, 6) is -0.217. The fraction of sp³-hybridized carbons (Fsp3) is 0.536. The van der Waals surface area contributed by atoms with Crippen LogP contribution >= 0.6 is 11.3 Å². The van der Waals surface area contributed by atoms with E-state index in [0.717, 1.165) is 36.1 Å². The van der Waals surface area contributed by atoms with Crippen molar-refractivity contribution in [3.8, 4) is 0 Å². The highest BCUT2D eigenvalue weighted by molar-refractivity contribution is 7.89. The molecule has 0 radical (unpaired) electrons. The molecular weight excluding hydrogens is 552 g/mol. The SMILES string of the molecule is CCOC(=O)N1CCc2c(sc(NC(=O)c3ccc(S(=O)(=O)N4CCCC(C)C4)cc3)c2C(=O)N2CCCC2)C1. The van der Waals surface area contributed by atoms with Crippen LogP contribution in [0, 0.1) is 5.92 Å². The Morgan fingerprint density at radius 3 is 2.42 bits per heavy atom. The number of hydrogen-bond donors (Lipinski definition) is 1. The van der Waals surface area contributed by atoms with Crippen LogP contribution < -0.4 is 5.32 Å². The van der Waals surface area contributed by atoms with Crippen LogP contribution in [0.1, 0.15) is 70.7 Å². The number of rotatable bonds is 6. The molecule has 5 rings (SSSR count). The molecule has 1 aromatic carbocycles. The standard InChI is InChI=1S/C28H36N4O6S2/c1-3-38-28(35)31-16-12-22-23(18-31)39-26(24(22)27(34)30-13-4-5-14-30)29-25(33)20-8-10-21(11-9-20)40(36,37)32-15-6-7-19(2)17-32/h8-11,19H,3-7,12-18H2,1-2H3,(H,29,33). The number of thiophene rings is 1. The van der Waals surface area contributed by atoms with E-state index in [9.17, 15) is 22.8 Å². The summed E-state index contributed by atoms with van der Waals surface area (Å²) in [6, 6.07) is 5.95. The van der Waals surface area contributed by atoms with Crippen LogP contribution in [0.2, 0.25) is 0 Å². The van der Waals surface area contributed by atoms with E-state index >= 15 is 0 Å². The molecule has 3 aliphatic rings. The van der Waals surface area contributed by atoms with Gasteiger partial charge in [-0.2, -0.15) is 4.31 Å². The maximum Gasteiger partial charge on any atom is 0.410 e. The van der Waals surface area contributed by atoms with E-state index in [1.165, 1.54) is 39.9 Å². The van der Waals surface area contributed by atoms with Crippen LogP contribution in [-0.2, 0) is 27.7 Å². The molecule has 40 heavy (non-hydrogen) atoms. The van der Waals surface area contributed by atoms with Gasteiger partial charge in [0.05, 0.1) is 23.6 Å². The van der Waals surface area contributed by atoms with Crippen molar-refractivity contribution in [3.63, 3.8) is 0 Å². The molecule has 0 aliphatic carbocycles. The number of likely N-dealkylation sites (tertiary alicyclic amines) is 1. The van der Waals surface area contributed by atoms with Crippen molar-refractivity contribution in [2.45, 2.75) is 57.4 Å². The van der Waals surface area contributed by atoms with Gasteiger partial charge in [-0.15, -0.1) is 11.3 Å². The van der Waals surface area contributed by atoms with Gasteiger partial charge in [0, 0.05) is 43.2 Å². The third-order valence-electron chi connectivity index (χ3n) is 7.79. The highest BCUT2D eigenvalue weighted by Gasteiger charge is 2.34. The molecule has 12 heteroatoms. The number of benzene rings is 1. The molecular formula is C28H36N4O6S2. The Morgan fingerprint density at radius 2 is 1.75 bits per heavy atom. The largest absolute Gasteiger partial charge is 0.450 e. The Morgan fingerprint density at radius 1 is 1.02 bits per heavy atom. The number of amides is 3. The molecule has 4 heterocycles. The summed E-state index contributed by atoms with van der Waals surface area (Å²) in [6.07, 6.45) is 3.84. The Hall–Kier alpha value is -2.96. The topological polar surface area (TPSA) is 116 Å².